The Bertz CT molecular complexity index is 447. The van der Waals surface area contributed by atoms with Crippen LogP contribution < -0.4 is 0 Å². The lowest BCUT2D eigenvalue weighted by atomic mass is 9.99. The van der Waals surface area contributed by atoms with Crippen molar-refractivity contribution < 1.29 is 37.6 Å². The third-order valence-corrected chi connectivity index (χ3v) is 3.17. The van der Waals surface area contributed by atoms with Crippen molar-refractivity contribution in [3.8, 4) is 0 Å². The summed E-state index contributed by atoms with van der Waals surface area (Å²) in [6.45, 7) is 2.85. The Morgan fingerprint density at radius 1 is 1.25 bits per heavy atom. The van der Waals surface area contributed by atoms with Crippen LogP contribution in [0.5, 0.6) is 0 Å². The molecule has 0 aromatic rings. The van der Waals surface area contributed by atoms with Crippen molar-refractivity contribution in [1.82, 2.24) is 0 Å². The van der Waals surface area contributed by atoms with Gasteiger partial charge in [-0.2, -0.15) is 8.42 Å². The standard InChI is InChI=1S/C7H8O8S/c1-2-4(8)7(6(11)12,3-5(9)10)16(13,14)15/h2H,1,3H2,(H,9,10)(H,11,12)(H,13,14,15). The van der Waals surface area contributed by atoms with Gasteiger partial charge in [0.1, 0.15) is 0 Å². The molecule has 0 saturated heterocycles. The number of hydrogen-bond acceptors (Lipinski definition) is 5. The minimum atomic E-state index is -5.43. The number of carboxylic acids is 2. The smallest absolute Gasteiger partial charge is 0.336 e. The van der Waals surface area contributed by atoms with E-state index in [0.29, 0.717) is 6.08 Å². The normalized spacial score (nSPS) is 14.8. The van der Waals surface area contributed by atoms with Gasteiger partial charge in [0.05, 0.1) is 6.42 Å². The molecule has 0 aromatic heterocycles. The number of allylic oxidation sites excluding steroid dienone is 1. The molecular weight excluding hydrogens is 244 g/mol. The predicted octanol–water partition coefficient (Wildman–Crippen LogP) is -1.07. The molecule has 3 N–H and O–H groups in total. The highest BCUT2D eigenvalue weighted by molar-refractivity contribution is 7.89. The van der Waals surface area contributed by atoms with E-state index in [1.807, 2.05) is 0 Å². The third-order valence-electron chi connectivity index (χ3n) is 1.77. The molecule has 0 aliphatic carbocycles. The second-order valence-electron chi connectivity index (χ2n) is 2.75. The summed E-state index contributed by atoms with van der Waals surface area (Å²) in [5, 5.41) is 17.0. The average molecular weight is 252 g/mol. The van der Waals surface area contributed by atoms with Crippen LogP contribution in [0.25, 0.3) is 0 Å². The molecule has 9 heteroatoms. The average Bonchev–Trinajstić information content (AvgIpc) is 2.09. The van der Waals surface area contributed by atoms with Gasteiger partial charge in [-0.05, 0) is 6.08 Å². The van der Waals surface area contributed by atoms with E-state index in [1.54, 1.807) is 0 Å². The Balaban J connectivity index is 6.00. The van der Waals surface area contributed by atoms with E-state index < -0.39 is 39.0 Å². The van der Waals surface area contributed by atoms with Crippen LogP contribution in [0.3, 0.4) is 0 Å². The van der Waals surface area contributed by atoms with E-state index in [2.05, 4.69) is 6.58 Å². The number of hydrogen-bond donors (Lipinski definition) is 3. The van der Waals surface area contributed by atoms with Crippen LogP contribution in [0.1, 0.15) is 6.42 Å². The molecule has 0 aliphatic rings. The van der Waals surface area contributed by atoms with Crippen molar-refractivity contribution in [1.29, 1.82) is 0 Å². The molecule has 0 saturated carbocycles. The Morgan fingerprint density at radius 2 is 1.69 bits per heavy atom. The van der Waals surface area contributed by atoms with Gasteiger partial charge in [0.2, 0.25) is 0 Å². The molecule has 0 amide bonds. The lowest BCUT2D eigenvalue weighted by Gasteiger charge is -2.20. The van der Waals surface area contributed by atoms with Crippen LogP contribution in [-0.2, 0) is 24.5 Å². The molecule has 0 rings (SSSR count). The summed E-state index contributed by atoms with van der Waals surface area (Å²) < 4.78 is 27.0. The van der Waals surface area contributed by atoms with E-state index in [9.17, 15) is 22.8 Å². The van der Waals surface area contributed by atoms with Crippen molar-refractivity contribution in [3.63, 3.8) is 0 Å². The predicted molar refractivity (Wildman–Crippen MR) is 49.4 cm³/mol. The SMILES string of the molecule is C=CC(=O)C(CC(=O)O)(C(=O)O)S(=O)(=O)O. The summed E-state index contributed by atoms with van der Waals surface area (Å²) in [7, 11) is -5.43. The van der Waals surface area contributed by atoms with Crippen LogP contribution in [0.2, 0.25) is 0 Å². The number of carbonyl (C=O) groups is 3. The number of carboxylic acid groups (broad SMARTS) is 2. The highest BCUT2D eigenvalue weighted by Crippen LogP contribution is 2.24. The van der Waals surface area contributed by atoms with Gasteiger partial charge in [-0.15, -0.1) is 0 Å². The number of ketones is 1. The summed E-state index contributed by atoms with van der Waals surface area (Å²) in [6.07, 6.45) is -1.27. The maximum Gasteiger partial charge on any atom is 0.336 e. The van der Waals surface area contributed by atoms with Crippen molar-refractivity contribution in [3.05, 3.63) is 12.7 Å². The molecule has 0 bridgehead atoms. The van der Waals surface area contributed by atoms with Crippen LogP contribution in [0.15, 0.2) is 12.7 Å². The summed E-state index contributed by atoms with van der Waals surface area (Å²) in [6, 6.07) is 0. The molecule has 0 radical (unpaired) electrons. The Hall–Kier alpha value is -1.74. The molecule has 0 spiro atoms. The Labute approximate surface area is 89.9 Å². The lowest BCUT2D eigenvalue weighted by molar-refractivity contribution is -0.149. The molecule has 0 aliphatic heterocycles. The maximum absolute atomic E-state index is 11.2. The van der Waals surface area contributed by atoms with Crippen molar-refractivity contribution in [2.24, 2.45) is 0 Å². The molecule has 1 atom stereocenters. The quantitative estimate of drug-likeness (QED) is 0.307. The van der Waals surface area contributed by atoms with Gasteiger partial charge >= 0.3 is 11.9 Å². The third kappa shape index (κ3) is 2.25. The van der Waals surface area contributed by atoms with Gasteiger partial charge in [0.25, 0.3) is 14.9 Å². The minimum Gasteiger partial charge on any atom is -0.481 e. The first-order valence-corrected chi connectivity index (χ1v) is 5.12. The van der Waals surface area contributed by atoms with E-state index in [0.717, 1.165) is 0 Å². The summed E-state index contributed by atoms with van der Waals surface area (Å²) >= 11 is 0. The Kier molecular flexibility index (Phi) is 3.93. The van der Waals surface area contributed by atoms with Crippen molar-refractivity contribution in [2.45, 2.75) is 11.2 Å². The molecule has 1 unspecified atom stereocenters. The molecular formula is C7H8O8S. The van der Waals surface area contributed by atoms with Crippen LogP contribution >= 0.6 is 0 Å². The monoisotopic (exact) mass is 252 g/mol. The fraction of sp³-hybridized carbons (Fsp3) is 0.286. The number of rotatable bonds is 6. The number of aliphatic carboxylic acids is 2. The fourth-order valence-corrected chi connectivity index (χ4v) is 1.84. The molecule has 90 valence electrons. The molecule has 0 heterocycles. The molecule has 8 nitrogen and oxygen atoms in total. The second-order valence-corrected chi connectivity index (χ2v) is 4.39. The largest absolute Gasteiger partial charge is 0.481 e. The molecule has 0 fully saturated rings. The van der Waals surface area contributed by atoms with Gasteiger partial charge in [0, 0.05) is 0 Å². The van der Waals surface area contributed by atoms with E-state index in [4.69, 9.17) is 14.8 Å². The van der Waals surface area contributed by atoms with Gasteiger partial charge in [0.15, 0.2) is 5.78 Å². The zero-order chi connectivity index (χ0) is 13.1. The first kappa shape index (κ1) is 14.3. The zero-order valence-electron chi connectivity index (χ0n) is 7.78. The van der Waals surface area contributed by atoms with Crippen LogP contribution in [-0.4, -0.2) is 45.7 Å². The summed E-state index contributed by atoms with van der Waals surface area (Å²) in [4.78, 5) is 32.3. The van der Waals surface area contributed by atoms with Crippen molar-refractivity contribution in [2.75, 3.05) is 0 Å². The Morgan fingerprint density at radius 3 is 1.88 bits per heavy atom. The second kappa shape index (κ2) is 4.41. The lowest BCUT2D eigenvalue weighted by Crippen LogP contribution is -2.53. The van der Waals surface area contributed by atoms with E-state index in [-0.39, 0.29) is 0 Å². The van der Waals surface area contributed by atoms with Crippen molar-refractivity contribution >= 4 is 27.8 Å². The topological polar surface area (TPSA) is 146 Å². The first-order valence-electron chi connectivity index (χ1n) is 3.68. The van der Waals surface area contributed by atoms with Gasteiger partial charge in [-0.25, -0.2) is 4.79 Å². The molecule has 16 heavy (non-hydrogen) atoms. The first-order chi connectivity index (χ1) is 7.09. The van der Waals surface area contributed by atoms with E-state index in [1.165, 1.54) is 0 Å². The van der Waals surface area contributed by atoms with Gasteiger partial charge < -0.3 is 10.2 Å². The number of carbonyl (C=O) groups excluding carboxylic acids is 1. The summed E-state index contributed by atoms with van der Waals surface area (Å²) in [5.41, 5.74) is 0. The van der Waals surface area contributed by atoms with Gasteiger partial charge in [-0.1, -0.05) is 6.58 Å². The summed E-state index contributed by atoms with van der Waals surface area (Å²) in [5.74, 6) is -5.76. The minimum absolute atomic E-state index is 0.324. The highest BCUT2D eigenvalue weighted by atomic mass is 32.2. The molecule has 0 aromatic carbocycles. The maximum atomic E-state index is 11.2. The zero-order valence-corrected chi connectivity index (χ0v) is 8.60. The van der Waals surface area contributed by atoms with Crippen LogP contribution in [0.4, 0.5) is 0 Å². The van der Waals surface area contributed by atoms with E-state index >= 15 is 0 Å². The van der Waals surface area contributed by atoms with Crippen LogP contribution in [0, 0.1) is 0 Å². The highest BCUT2D eigenvalue weighted by Gasteiger charge is 2.57. The fourth-order valence-electron chi connectivity index (χ4n) is 0.975. The van der Waals surface area contributed by atoms with Gasteiger partial charge in [-0.3, -0.25) is 14.1 Å².